The fourth-order valence-electron chi connectivity index (χ4n) is 1.09. The molecule has 1 nitrogen and oxygen atoms in total. The predicted octanol–water partition coefficient (Wildman–Crippen LogP) is 1.23. The highest BCUT2D eigenvalue weighted by Crippen LogP contribution is 2.27. The molecule has 0 aliphatic heterocycles. The van der Waals surface area contributed by atoms with Gasteiger partial charge in [-0.2, -0.15) is 0 Å². The molecule has 0 amide bonds. The molecule has 1 heteroatoms. The molecule has 2 atom stereocenters. The van der Waals surface area contributed by atoms with Gasteiger partial charge in [0.2, 0.25) is 0 Å². The van der Waals surface area contributed by atoms with Gasteiger partial charge in [-0.05, 0) is 6.42 Å². The molecule has 0 bridgehead atoms. The van der Waals surface area contributed by atoms with Gasteiger partial charge in [0.1, 0.15) is 5.78 Å². The van der Waals surface area contributed by atoms with Crippen LogP contribution >= 0.6 is 0 Å². The zero-order chi connectivity index (χ0) is 5.44. The lowest BCUT2D eigenvalue weighted by Gasteiger charge is -2.26. The average molecular weight is 98.1 g/mol. The molecule has 40 valence electrons. The maximum atomic E-state index is 10.6. The third-order valence-electron chi connectivity index (χ3n) is 1.68. The maximum Gasteiger partial charge on any atom is 0.138 e. The molecular weight excluding hydrogens is 88.1 g/mol. The summed E-state index contributed by atoms with van der Waals surface area (Å²) in [6, 6.07) is 0. The molecule has 1 rings (SSSR count). The zero-order valence-electron chi connectivity index (χ0n) is 4.77. The van der Waals surface area contributed by atoms with Crippen molar-refractivity contribution in [3.8, 4) is 0 Å². The van der Waals surface area contributed by atoms with Crippen molar-refractivity contribution >= 4 is 5.78 Å². The van der Waals surface area contributed by atoms with Gasteiger partial charge in [-0.1, -0.05) is 13.8 Å². The molecule has 1 aliphatic rings. The van der Waals surface area contributed by atoms with Crippen molar-refractivity contribution in [1.82, 2.24) is 0 Å². The van der Waals surface area contributed by atoms with Crippen LogP contribution in [0, 0.1) is 11.8 Å². The summed E-state index contributed by atoms with van der Waals surface area (Å²) in [5.74, 6) is 1.19. The van der Waals surface area contributed by atoms with E-state index in [2.05, 4.69) is 0 Å². The largest absolute Gasteiger partial charge is 0.299 e. The summed E-state index contributed by atoms with van der Waals surface area (Å²) >= 11 is 0. The molecule has 0 aromatic rings. The first-order chi connectivity index (χ1) is 3.22. The van der Waals surface area contributed by atoms with Crippen molar-refractivity contribution in [2.24, 2.45) is 11.8 Å². The summed E-state index contributed by atoms with van der Waals surface area (Å²) < 4.78 is 0. The van der Waals surface area contributed by atoms with E-state index in [-0.39, 0.29) is 0 Å². The zero-order valence-corrected chi connectivity index (χ0v) is 4.77. The van der Waals surface area contributed by atoms with Crippen LogP contribution in [0.1, 0.15) is 20.3 Å². The number of carbonyl (C=O) groups excluding carboxylic acids is 1. The van der Waals surface area contributed by atoms with Crippen LogP contribution in [0.3, 0.4) is 0 Å². The normalized spacial score (nSPS) is 40.6. The summed E-state index contributed by atoms with van der Waals surface area (Å²) in [6.45, 7) is 3.98. The van der Waals surface area contributed by atoms with Gasteiger partial charge in [-0.15, -0.1) is 0 Å². The first-order valence-electron chi connectivity index (χ1n) is 2.75. The van der Waals surface area contributed by atoms with Crippen LogP contribution in [0.15, 0.2) is 0 Å². The highest BCUT2D eigenvalue weighted by Gasteiger charge is 2.31. The second-order valence-electron chi connectivity index (χ2n) is 2.44. The van der Waals surface area contributed by atoms with E-state index in [1.807, 2.05) is 13.8 Å². The predicted molar refractivity (Wildman–Crippen MR) is 28.0 cm³/mol. The van der Waals surface area contributed by atoms with Crippen LogP contribution in [0.25, 0.3) is 0 Å². The molecule has 0 aromatic carbocycles. The Morgan fingerprint density at radius 1 is 1.43 bits per heavy atom. The average Bonchev–Trinajstić information content (AvgIpc) is 1.68. The molecule has 0 spiro atoms. The van der Waals surface area contributed by atoms with Gasteiger partial charge < -0.3 is 0 Å². The van der Waals surface area contributed by atoms with Gasteiger partial charge in [0.25, 0.3) is 0 Å². The van der Waals surface area contributed by atoms with E-state index in [9.17, 15) is 4.79 Å². The monoisotopic (exact) mass is 98.1 g/mol. The van der Waals surface area contributed by atoms with Crippen LogP contribution < -0.4 is 0 Å². The van der Waals surface area contributed by atoms with Crippen LogP contribution in [0.2, 0.25) is 0 Å². The minimum Gasteiger partial charge on any atom is -0.299 e. The molecule has 1 aliphatic carbocycles. The molecule has 1 fully saturated rings. The SMILES string of the molecule is C[C@@H]1C[C@H](C)C1=O. The van der Waals surface area contributed by atoms with E-state index in [0.717, 1.165) is 6.42 Å². The molecule has 0 N–H and O–H groups in total. The molecule has 0 saturated heterocycles. The number of carbonyl (C=O) groups is 1. The summed E-state index contributed by atoms with van der Waals surface area (Å²) in [5, 5.41) is 0. The first-order valence-corrected chi connectivity index (χ1v) is 2.75. The van der Waals surface area contributed by atoms with Crippen molar-refractivity contribution in [2.75, 3.05) is 0 Å². The van der Waals surface area contributed by atoms with E-state index in [1.165, 1.54) is 0 Å². The smallest absolute Gasteiger partial charge is 0.138 e. The third kappa shape index (κ3) is 0.561. The molecule has 0 aromatic heterocycles. The van der Waals surface area contributed by atoms with E-state index in [0.29, 0.717) is 17.6 Å². The summed E-state index contributed by atoms with van der Waals surface area (Å²) in [7, 11) is 0. The van der Waals surface area contributed by atoms with Gasteiger partial charge >= 0.3 is 0 Å². The second-order valence-corrected chi connectivity index (χ2v) is 2.44. The van der Waals surface area contributed by atoms with Crippen molar-refractivity contribution in [2.45, 2.75) is 20.3 Å². The molecule has 7 heavy (non-hydrogen) atoms. The van der Waals surface area contributed by atoms with E-state index in [4.69, 9.17) is 0 Å². The highest BCUT2D eigenvalue weighted by molar-refractivity contribution is 5.88. The Kier molecular flexibility index (Phi) is 0.911. The topological polar surface area (TPSA) is 17.1 Å². The lowest BCUT2D eigenvalue weighted by molar-refractivity contribution is -0.133. The number of ketones is 1. The van der Waals surface area contributed by atoms with Gasteiger partial charge in [-0.3, -0.25) is 4.79 Å². The Morgan fingerprint density at radius 3 is 1.86 bits per heavy atom. The number of hydrogen-bond acceptors (Lipinski definition) is 1. The minimum atomic E-state index is 0.370. The third-order valence-corrected chi connectivity index (χ3v) is 1.68. The van der Waals surface area contributed by atoms with Crippen LogP contribution in [0.4, 0.5) is 0 Å². The van der Waals surface area contributed by atoms with Crippen LogP contribution in [0.5, 0.6) is 0 Å². The van der Waals surface area contributed by atoms with E-state index < -0.39 is 0 Å². The van der Waals surface area contributed by atoms with Crippen molar-refractivity contribution in [1.29, 1.82) is 0 Å². The Morgan fingerprint density at radius 2 is 1.86 bits per heavy atom. The van der Waals surface area contributed by atoms with Crippen LogP contribution in [-0.2, 0) is 4.79 Å². The molecule has 0 heterocycles. The molecule has 0 radical (unpaired) electrons. The molecular formula is C6H10O. The molecule has 1 saturated carbocycles. The first kappa shape index (κ1) is 4.82. The summed E-state index contributed by atoms with van der Waals surface area (Å²) in [5.41, 5.74) is 0. The van der Waals surface area contributed by atoms with E-state index >= 15 is 0 Å². The van der Waals surface area contributed by atoms with Crippen LogP contribution in [-0.4, -0.2) is 5.78 Å². The number of Topliss-reactive ketones (excluding diaryl/α,β-unsaturated/α-hetero) is 1. The van der Waals surface area contributed by atoms with Crippen molar-refractivity contribution in [3.63, 3.8) is 0 Å². The van der Waals surface area contributed by atoms with Crippen molar-refractivity contribution < 1.29 is 4.79 Å². The van der Waals surface area contributed by atoms with Gasteiger partial charge in [0.15, 0.2) is 0 Å². The Bertz CT molecular complexity index is 86.4. The van der Waals surface area contributed by atoms with Crippen molar-refractivity contribution in [3.05, 3.63) is 0 Å². The standard InChI is InChI=1S/C6H10O/c1-4-3-5(2)6(4)7/h4-5H,3H2,1-2H3/t4-,5+. The maximum absolute atomic E-state index is 10.6. The summed E-state index contributed by atoms with van der Waals surface area (Å²) in [4.78, 5) is 10.6. The Hall–Kier alpha value is -0.330. The highest BCUT2D eigenvalue weighted by atomic mass is 16.1. The van der Waals surface area contributed by atoms with Gasteiger partial charge in [-0.25, -0.2) is 0 Å². The van der Waals surface area contributed by atoms with E-state index in [1.54, 1.807) is 0 Å². The lowest BCUT2D eigenvalue weighted by Crippen LogP contribution is -2.32. The Labute approximate surface area is 43.7 Å². The quantitative estimate of drug-likeness (QED) is 0.445. The fraction of sp³-hybridized carbons (Fsp3) is 0.833. The Balaban J connectivity index is 2.44. The molecule has 0 unspecified atom stereocenters. The second kappa shape index (κ2) is 1.32. The fourth-order valence-corrected chi connectivity index (χ4v) is 1.09. The number of rotatable bonds is 0. The minimum absolute atomic E-state index is 0.370. The van der Waals surface area contributed by atoms with Gasteiger partial charge in [0.05, 0.1) is 0 Å². The van der Waals surface area contributed by atoms with Gasteiger partial charge in [0, 0.05) is 11.8 Å². The summed E-state index contributed by atoms with van der Waals surface area (Å²) in [6.07, 6.45) is 1.11. The lowest BCUT2D eigenvalue weighted by atomic mass is 9.76. The number of hydrogen-bond donors (Lipinski definition) is 0.